The molecule has 0 saturated heterocycles. The molecule has 9 heteroatoms. The summed E-state index contributed by atoms with van der Waals surface area (Å²) in [7, 11) is 0. The van der Waals surface area contributed by atoms with Gasteiger partial charge in [-0.1, -0.05) is 29.2 Å². The van der Waals surface area contributed by atoms with Crippen LogP contribution < -0.4 is 16.8 Å². The van der Waals surface area contributed by atoms with Crippen molar-refractivity contribution in [1.82, 2.24) is 10.2 Å². The maximum atomic E-state index is 14.1. The summed E-state index contributed by atoms with van der Waals surface area (Å²) in [6, 6.07) is 9.27. The van der Waals surface area contributed by atoms with Crippen LogP contribution in [0.5, 0.6) is 0 Å². The van der Waals surface area contributed by atoms with Crippen molar-refractivity contribution < 1.29 is 9.18 Å². The monoisotopic (exact) mass is 361 g/mol. The Labute approximate surface area is 145 Å². The summed E-state index contributed by atoms with van der Waals surface area (Å²) in [5.41, 5.74) is 14.3. The lowest BCUT2D eigenvalue weighted by molar-refractivity contribution is 0.102. The van der Waals surface area contributed by atoms with Crippen molar-refractivity contribution in [3.05, 3.63) is 53.3 Å². The second-order valence-corrected chi connectivity index (χ2v) is 6.88. The fourth-order valence-electron chi connectivity index (χ4n) is 1.96. The molecule has 0 spiro atoms. The summed E-state index contributed by atoms with van der Waals surface area (Å²) in [6.07, 6.45) is 0. The first-order valence-corrected chi connectivity index (χ1v) is 8.42. The van der Waals surface area contributed by atoms with Crippen molar-refractivity contribution in [1.29, 1.82) is 0 Å². The largest absolute Gasteiger partial charge is 0.399 e. The molecule has 0 fully saturated rings. The minimum Gasteiger partial charge on any atom is -0.399 e. The van der Waals surface area contributed by atoms with E-state index in [1.54, 1.807) is 29.8 Å². The summed E-state index contributed by atoms with van der Waals surface area (Å²) in [5.74, 6) is -0.967. The molecule has 0 atom stereocenters. The molecule has 6 nitrogen and oxygen atoms in total. The van der Waals surface area contributed by atoms with E-state index in [0.717, 1.165) is 17.8 Å². The van der Waals surface area contributed by atoms with E-state index in [1.807, 2.05) is 0 Å². The predicted molar refractivity (Wildman–Crippen MR) is 93.7 cm³/mol. The van der Waals surface area contributed by atoms with Gasteiger partial charge in [-0.3, -0.25) is 4.79 Å². The van der Waals surface area contributed by atoms with Crippen molar-refractivity contribution in [3.8, 4) is 0 Å². The molecule has 0 aliphatic rings. The SMILES string of the molecule is Nc1cccc(NC(=O)c2cc(Sc3nncs3)c(F)cc2N)c1. The molecule has 0 saturated carbocycles. The highest BCUT2D eigenvalue weighted by atomic mass is 32.2. The van der Waals surface area contributed by atoms with Crippen LogP contribution in [0.3, 0.4) is 0 Å². The first kappa shape index (κ1) is 16.2. The third kappa shape index (κ3) is 3.63. The number of aromatic nitrogens is 2. The van der Waals surface area contributed by atoms with Crippen LogP contribution in [-0.2, 0) is 0 Å². The zero-order valence-electron chi connectivity index (χ0n) is 12.2. The van der Waals surface area contributed by atoms with Gasteiger partial charge in [-0.05, 0) is 30.3 Å². The number of hydrogen-bond acceptors (Lipinski definition) is 7. The van der Waals surface area contributed by atoms with Gasteiger partial charge >= 0.3 is 0 Å². The Morgan fingerprint density at radius 3 is 2.79 bits per heavy atom. The molecule has 24 heavy (non-hydrogen) atoms. The fourth-order valence-corrected chi connectivity index (χ4v) is 3.44. The second-order valence-electron chi connectivity index (χ2n) is 4.76. The van der Waals surface area contributed by atoms with Gasteiger partial charge in [0.15, 0.2) is 4.34 Å². The number of halogens is 1. The fraction of sp³-hybridized carbons (Fsp3) is 0. The second kappa shape index (κ2) is 6.85. The lowest BCUT2D eigenvalue weighted by atomic mass is 10.1. The number of anilines is 3. The van der Waals surface area contributed by atoms with E-state index in [1.165, 1.54) is 17.4 Å². The zero-order valence-corrected chi connectivity index (χ0v) is 13.8. The van der Waals surface area contributed by atoms with Crippen molar-refractivity contribution in [2.75, 3.05) is 16.8 Å². The summed E-state index contributed by atoms with van der Waals surface area (Å²) in [5, 5.41) is 10.2. The van der Waals surface area contributed by atoms with E-state index in [9.17, 15) is 9.18 Å². The van der Waals surface area contributed by atoms with Gasteiger partial charge in [-0.2, -0.15) is 0 Å². The van der Waals surface area contributed by atoms with Gasteiger partial charge in [0.05, 0.1) is 10.5 Å². The van der Waals surface area contributed by atoms with E-state index >= 15 is 0 Å². The lowest BCUT2D eigenvalue weighted by Gasteiger charge is -2.10. The highest BCUT2D eigenvalue weighted by Crippen LogP contribution is 2.33. The van der Waals surface area contributed by atoms with Crippen LogP contribution >= 0.6 is 23.1 Å². The van der Waals surface area contributed by atoms with Gasteiger partial charge in [0, 0.05) is 17.1 Å². The Morgan fingerprint density at radius 1 is 1.25 bits per heavy atom. The van der Waals surface area contributed by atoms with Gasteiger partial charge in [0.1, 0.15) is 11.3 Å². The summed E-state index contributed by atoms with van der Waals surface area (Å²) in [6.45, 7) is 0. The topological polar surface area (TPSA) is 107 Å². The Morgan fingerprint density at radius 2 is 2.08 bits per heavy atom. The summed E-state index contributed by atoms with van der Waals surface area (Å²) < 4.78 is 14.6. The third-order valence-electron chi connectivity index (χ3n) is 3.03. The molecular formula is C15H12FN5OS2. The van der Waals surface area contributed by atoms with E-state index < -0.39 is 11.7 Å². The van der Waals surface area contributed by atoms with Crippen LogP contribution in [-0.4, -0.2) is 16.1 Å². The molecule has 0 unspecified atom stereocenters. The average Bonchev–Trinajstić information content (AvgIpc) is 3.03. The van der Waals surface area contributed by atoms with Gasteiger partial charge in [0.25, 0.3) is 5.91 Å². The maximum absolute atomic E-state index is 14.1. The van der Waals surface area contributed by atoms with Crippen LogP contribution in [0.15, 0.2) is 51.1 Å². The molecule has 1 heterocycles. The number of carbonyl (C=O) groups is 1. The van der Waals surface area contributed by atoms with E-state index in [-0.39, 0.29) is 16.1 Å². The molecule has 3 rings (SSSR count). The number of hydrogen-bond donors (Lipinski definition) is 3. The molecule has 3 aromatic rings. The molecule has 2 aromatic carbocycles. The standard InChI is InChI=1S/C15H12FN5OS2/c16-11-6-12(18)10(5-13(11)24-15-21-19-7-23-15)14(22)20-9-3-1-2-8(17)4-9/h1-7H,17-18H2,(H,20,22). The maximum Gasteiger partial charge on any atom is 0.257 e. The number of nitrogen functional groups attached to an aromatic ring is 2. The molecule has 0 aliphatic heterocycles. The smallest absolute Gasteiger partial charge is 0.257 e. The third-order valence-corrected chi connectivity index (χ3v) is 4.84. The van der Waals surface area contributed by atoms with Crippen molar-refractivity contribution in [3.63, 3.8) is 0 Å². The predicted octanol–water partition coefficient (Wildman–Crippen LogP) is 3.25. The Bertz CT molecular complexity index is 886. The highest BCUT2D eigenvalue weighted by Gasteiger charge is 2.16. The number of amides is 1. The number of nitrogens with zero attached hydrogens (tertiary/aromatic N) is 2. The van der Waals surface area contributed by atoms with Gasteiger partial charge in [0.2, 0.25) is 0 Å². The van der Waals surface area contributed by atoms with Gasteiger partial charge in [-0.15, -0.1) is 10.2 Å². The molecule has 122 valence electrons. The first-order valence-electron chi connectivity index (χ1n) is 6.73. The van der Waals surface area contributed by atoms with E-state index in [2.05, 4.69) is 15.5 Å². The average molecular weight is 361 g/mol. The zero-order chi connectivity index (χ0) is 17.1. The van der Waals surface area contributed by atoms with Crippen LogP contribution in [0, 0.1) is 5.82 Å². The quantitative estimate of drug-likeness (QED) is 0.616. The molecule has 5 N–H and O–H groups in total. The number of nitrogens with one attached hydrogen (secondary N) is 1. The van der Waals surface area contributed by atoms with Gasteiger partial charge in [-0.25, -0.2) is 4.39 Å². The van der Waals surface area contributed by atoms with Crippen LogP contribution in [0.25, 0.3) is 0 Å². The molecule has 0 radical (unpaired) electrons. The van der Waals surface area contributed by atoms with Gasteiger partial charge < -0.3 is 16.8 Å². The Balaban J connectivity index is 1.87. The minimum absolute atomic E-state index is 0.0514. The molecule has 0 aliphatic carbocycles. The van der Waals surface area contributed by atoms with Crippen LogP contribution in [0.2, 0.25) is 0 Å². The highest BCUT2D eigenvalue weighted by molar-refractivity contribution is 8.01. The number of nitrogens with two attached hydrogens (primary N) is 2. The first-order chi connectivity index (χ1) is 11.5. The van der Waals surface area contributed by atoms with Crippen molar-refractivity contribution in [2.45, 2.75) is 9.24 Å². The van der Waals surface area contributed by atoms with Crippen molar-refractivity contribution in [2.24, 2.45) is 0 Å². The van der Waals surface area contributed by atoms with Crippen molar-refractivity contribution >= 4 is 46.1 Å². The molecular weight excluding hydrogens is 349 g/mol. The van der Waals surface area contributed by atoms with Crippen LogP contribution in [0.1, 0.15) is 10.4 Å². The molecule has 1 aromatic heterocycles. The molecule has 1 amide bonds. The van der Waals surface area contributed by atoms with E-state index in [0.29, 0.717) is 15.7 Å². The minimum atomic E-state index is -0.520. The number of benzene rings is 2. The lowest BCUT2D eigenvalue weighted by Crippen LogP contribution is -2.14. The summed E-state index contributed by atoms with van der Waals surface area (Å²) >= 11 is 2.36. The van der Waals surface area contributed by atoms with Crippen LogP contribution in [0.4, 0.5) is 21.5 Å². The summed E-state index contributed by atoms with van der Waals surface area (Å²) in [4.78, 5) is 12.7. The van der Waals surface area contributed by atoms with E-state index in [4.69, 9.17) is 11.5 Å². The Hall–Kier alpha value is -2.65. The number of rotatable bonds is 4. The molecule has 0 bridgehead atoms. The number of carbonyl (C=O) groups excluding carboxylic acids is 1. The Kier molecular flexibility index (Phi) is 4.63. The normalized spacial score (nSPS) is 10.5.